The van der Waals surface area contributed by atoms with Gasteiger partial charge in [-0.2, -0.15) is 5.10 Å². The van der Waals surface area contributed by atoms with Gasteiger partial charge in [0.1, 0.15) is 0 Å². The van der Waals surface area contributed by atoms with Crippen LogP contribution in [0.25, 0.3) is 0 Å². The lowest BCUT2D eigenvalue weighted by Crippen LogP contribution is -2.31. The third-order valence-corrected chi connectivity index (χ3v) is 3.25. The van der Waals surface area contributed by atoms with Crippen molar-refractivity contribution in [3.63, 3.8) is 0 Å². The van der Waals surface area contributed by atoms with E-state index in [0.717, 1.165) is 16.8 Å². The Hall–Kier alpha value is -2.63. The number of hydrogen-bond acceptors (Lipinski definition) is 3. The van der Waals surface area contributed by atoms with E-state index in [4.69, 9.17) is 0 Å². The topological polar surface area (TPSA) is 76.0 Å². The summed E-state index contributed by atoms with van der Waals surface area (Å²) in [6, 6.07) is 8.68. The third kappa shape index (κ3) is 4.44. The van der Waals surface area contributed by atoms with Crippen LogP contribution in [-0.2, 0) is 6.54 Å². The Morgan fingerprint density at radius 2 is 2.09 bits per heavy atom. The first-order valence-electron chi connectivity index (χ1n) is 7.20. The van der Waals surface area contributed by atoms with Crippen molar-refractivity contribution in [3.05, 3.63) is 58.0 Å². The molecule has 2 aromatic rings. The summed E-state index contributed by atoms with van der Waals surface area (Å²) < 4.78 is 1.38. The molecule has 0 aliphatic rings. The summed E-state index contributed by atoms with van der Waals surface area (Å²) in [7, 11) is 0. The number of hydrogen-bond donors (Lipinski definition) is 2. The molecule has 2 rings (SSSR count). The molecule has 116 valence electrons. The van der Waals surface area contributed by atoms with Crippen LogP contribution < -0.4 is 16.2 Å². The molecule has 0 aliphatic carbocycles. The number of aromatic nitrogens is 2. The van der Waals surface area contributed by atoms with Crippen LogP contribution in [0.4, 0.5) is 10.5 Å². The second-order valence-electron chi connectivity index (χ2n) is 5.14. The van der Waals surface area contributed by atoms with Gasteiger partial charge in [0.25, 0.3) is 5.56 Å². The van der Waals surface area contributed by atoms with E-state index < -0.39 is 0 Å². The van der Waals surface area contributed by atoms with E-state index in [2.05, 4.69) is 15.7 Å². The number of aryl methyl sites for hydroxylation is 3. The molecule has 0 radical (unpaired) electrons. The summed E-state index contributed by atoms with van der Waals surface area (Å²) in [4.78, 5) is 23.3. The summed E-state index contributed by atoms with van der Waals surface area (Å²) in [5.41, 5.74) is 2.84. The van der Waals surface area contributed by atoms with Crippen LogP contribution in [0.15, 0.2) is 41.3 Å². The highest BCUT2D eigenvalue weighted by Gasteiger charge is 2.04. The maximum Gasteiger partial charge on any atom is 0.319 e. The normalized spacial score (nSPS) is 10.3. The first-order valence-corrected chi connectivity index (χ1v) is 7.20. The second kappa shape index (κ2) is 7.40. The largest absolute Gasteiger partial charge is 0.338 e. The fourth-order valence-electron chi connectivity index (χ4n) is 2.11. The molecule has 0 atom stereocenters. The van der Waals surface area contributed by atoms with Gasteiger partial charge in [0, 0.05) is 31.0 Å². The first-order chi connectivity index (χ1) is 10.6. The Bertz CT molecular complexity index is 709. The maximum absolute atomic E-state index is 11.8. The number of carbonyl (C=O) groups excluding carboxylic acids is 1. The van der Waals surface area contributed by atoms with Gasteiger partial charge in [-0.05, 0) is 38.0 Å². The number of anilines is 1. The molecule has 2 N–H and O–H groups in total. The third-order valence-electron chi connectivity index (χ3n) is 3.25. The van der Waals surface area contributed by atoms with Gasteiger partial charge in [-0.3, -0.25) is 4.79 Å². The highest BCUT2D eigenvalue weighted by molar-refractivity contribution is 5.90. The van der Waals surface area contributed by atoms with E-state index in [1.807, 2.05) is 32.0 Å². The molecular weight excluding hydrogens is 280 g/mol. The van der Waals surface area contributed by atoms with E-state index >= 15 is 0 Å². The van der Waals surface area contributed by atoms with Gasteiger partial charge in [0.05, 0.1) is 0 Å². The van der Waals surface area contributed by atoms with Gasteiger partial charge < -0.3 is 10.6 Å². The molecule has 0 fully saturated rings. The van der Waals surface area contributed by atoms with Crippen molar-refractivity contribution in [2.24, 2.45) is 0 Å². The van der Waals surface area contributed by atoms with Crippen molar-refractivity contribution in [3.8, 4) is 0 Å². The summed E-state index contributed by atoms with van der Waals surface area (Å²) >= 11 is 0. The second-order valence-corrected chi connectivity index (χ2v) is 5.14. The summed E-state index contributed by atoms with van der Waals surface area (Å²) in [5, 5.41) is 9.54. The minimum Gasteiger partial charge on any atom is -0.338 e. The quantitative estimate of drug-likeness (QED) is 0.830. The smallest absolute Gasteiger partial charge is 0.319 e. The van der Waals surface area contributed by atoms with Gasteiger partial charge in [-0.25, -0.2) is 9.48 Å². The molecule has 1 aromatic carbocycles. The lowest BCUT2D eigenvalue weighted by molar-refractivity contribution is 0.251. The molecule has 0 bridgehead atoms. The molecule has 1 heterocycles. The minimum absolute atomic E-state index is 0.137. The fraction of sp³-hybridized carbons (Fsp3) is 0.312. The van der Waals surface area contributed by atoms with Crippen molar-refractivity contribution in [2.45, 2.75) is 26.8 Å². The Morgan fingerprint density at radius 3 is 2.82 bits per heavy atom. The van der Waals surface area contributed by atoms with E-state index in [-0.39, 0.29) is 11.6 Å². The highest BCUT2D eigenvalue weighted by Crippen LogP contribution is 2.15. The van der Waals surface area contributed by atoms with Crippen LogP contribution in [-0.4, -0.2) is 22.4 Å². The SMILES string of the molecule is Cc1ccc(NC(=O)NCCCn2ncccc2=O)c(C)c1. The molecule has 1 aromatic heterocycles. The predicted octanol–water partition coefficient (Wildman–Crippen LogP) is 2.07. The standard InChI is InChI=1S/C16H20N4O2/c1-12-6-7-14(13(2)11-12)19-16(22)17-8-4-10-20-15(21)5-3-9-18-20/h3,5-7,9,11H,4,8,10H2,1-2H3,(H2,17,19,22). The van der Waals surface area contributed by atoms with Crippen LogP contribution in [0.1, 0.15) is 17.5 Å². The molecule has 0 saturated carbocycles. The van der Waals surface area contributed by atoms with Gasteiger partial charge in [0.2, 0.25) is 0 Å². The highest BCUT2D eigenvalue weighted by atomic mass is 16.2. The molecule has 6 heteroatoms. The Balaban J connectivity index is 1.76. The van der Waals surface area contributed by atoms with Crippen molar-refractivity contribution >= 4 is 11.7 Å². The molecule has 0 aliphatic heterocycles. The minimum atomic E-state index is -0.250. The molecule has 0 spiro atoms. The number of carbonyl (C=O) groups is 1. The monoisotopic (exact) mass is 300 g/mol. The molecule has 6 nitrogen and oxygen atoms in total. The van der Waals surface area contributed by atoms with Gasteiger partial charge >= 0.3 is 6.03 Å². The average molecular weight is 300 g/mol. The number of amides is 2. The number of nitrogens with zero attached hydrogens (tertiary/aromatic N) is 2. The van der Waals surface area contributed by atoms with Crippen LogP contribution in [0.3, 0.4) is 0 Å². The van der Waals surface area contributed by atoms with Crippen molar-refractivity contribution < 1.29 is 4.79 Å². The van der Waals surface area contributed by atoms with E-state index in [1.165, 1.54) is 10.7 Å². The van der Waals surface area contributed by atoms with E-state index in [9.17, 15) is 9.59 Å². The predicted molar refractivity (Wildman–Crippen MR) is 86.1 cm³/mol. The number of benzene rings is 1. The van der Waals surface area contributed by atoms with Crippen LogP contribution in [0, 0.1) is 13.8 Å². The molecule has 2 amide bonds. The van der Waals surface area contributed by atoms with Gasteiger partial charge in [-0.15, -0.1) is 0 Å². The fourth-order valence-corrected chi connectivity index (χ4v) is 2.11. The Kier molecular flexibility index (Phi) is 5.30. The Labute approximate surface area is 129 Å². The lowest BCUT2D eigenvalue weighted by Gasteiger charge is -2.10. The molecule has 0 unspecified atom stereocenters. The van der Waals surface area contributed by atoms with Crippen LogP contribution >= 0.6 is 0 Å². The lowest BCUT2D eigenvalue weighted by atomic mass is 10.1. The van der Waals surface area contributed by atoms with E-state index in [0.29, 0.717) is 19.5 Å². The zero-order valence-corrected chi connectivity index (χ0v) is 12.8. The number of nitrogens with one attached hydrogen (secondary N) is 2. The van der Waals surface area contributed by atoms with Crippen molar-refractivity contribution in [2.75, 3.05) is 11.9 Å². The number of rotatable bonds is 5. The number of urea groups is 1. The zero-order chi connectivity index (χ0) is 15.9. The van der Waals surface area contributed by atoms with E-state index in [1.54, 1.807) is 12.3 Å². The summed E-state index contributed by atoms with van der Waals surface area (Å²) in [6.07, 6.45) is 2.21. The molecule has 0 saturated heterocycles. The summed E-state index contributed by atoms with van der Waals surface area (Å²) in [6.45, 7) is 4.91. The van der Waals surface area contributed by atoms with Crippen molar-refractivity contribution in [1.82, 2.24) is 15.1 Å². The summed E-state index contributed by atoms with van der Waals surface area (Å²) in [5.74, 6) is 0. The van der Waals surface area contributed by atoms with Gasteiger partial charge in [0.15, 0.2) is 0 Å². The molecular formula is C16H20N4O2. The van der Waals surface area contributed by atoms with Crippen LogP contribution in [0.5, 0.6) is 0 Å². The average Bonchev–Trinajstić information content (AvgIpc) is 2.48. The maximum atomic E-state index is 11.8. The first kappa shape index (κ1) is 15.8. The Morgan fingerprint density at radius 1 is 1.27 bits per heavy atom. The van der Waals surface area contributed by atoms with Crippen molar-refractivity contribution in [1.29, 1.82) is 0 Å². The van der Waals surface area contributed by atoms with Gasteiger partial charge in [-0.1, -0.05) is 17.7 Å². The zero-order valence-electron chi connectivity index (χ0n) is 12.8. The molecule has 22 heavy (non-hydrogen) atoms. The van der Waals surface area contributed by atoms with Crippen LogP contribution in [0.2, 0.25) is 0 Å².